The number of hydrogen-bond acceptors (Lipinski definition) is 2. The summed E-state index contributed by atoms with van der Waals surface area (Å²) >= 11 is 0. The highest BCUT2D eigenvalue weighted by Gasteiger charge is 2.38. The smallest absolute Gasteiger partial charge is 0.0559 e. The van der Waals surface area contributed by atoms with Crippen LogP contribution in [-0.4, -0.2) is 6.04 Å². The fraction of sp³-hybridized carbons (Fsp3) is 0.156. The fourth-order valence-electron chi connectivity index (χ4n) is 10.8. The highest BCUT2D eigenvalue weighted by molar-refractivity contribution is 5.87. The minimum atomic E-state index is -0.126. The Morgan fingerprint density at radius 1 is 0.439 bits per heavy atom. The van der Waals surface area contributed by atoms with Crippen LogP contribution >= 0.6 is 0 Å². The van der Waals surface area contributed by atoms with Crippen molar-refractivity contribution in [1.29, 1.82) is 0 Å². The van der Waals surface area contributed by atoms with E-state index in [0.717, 1.165) is 19.3 Å². The lowest BCUT2D eigenvalue weighted by Gasteiger charge is -2.33. The Bertz CT molecular complexity index is 3150. The SMILES string of the molecule is CC1(C)c2cc(/C=C/c3ccc(/C=C/c4ccc5c(c4)C(C)(C)c4cc(N(c6ccccc6)C6C=CC=CC6)ccc4-5)cc3)ccc2-c2ccc(N(C3=CC=CCC3)c3ccccc3)cc21. The fourth-order valence-corrected chi connectivity index (χ4v) is 10.8. The number of allylic oxidation sites excluding steroid dienone is 6. The molecule has 4 aliphatic rings. The molecule has 0 amide bonds. The van der Waals surface area contributed by atoms with E-state index in [1.165, 1.54) is 95.2 Å². The number of fused-ring (bicyclic) bond motifs is 6. The van der Waals surface area contributed by atoms with Crippen LogP contribution in [0.1, 0.15) is 91.5 Å². The van der Waals surface area contributed by atoms with E-state index in [1.54, 1.807) is 0 Å². The molecular formula is C64H56N2. The van der Waals surface area contributed by atoms with Crippen LogP contribution in [0.2, 0.25) is 0 Å². The van der Waals surface area contributed by atoms with Gasteiger partial charge in [-0.25, -0.2) is 0 Å². The molecule has 0 fully saturated rings. The molecule has 0 N–H and O–H groups in total. The Labute approximate surface area is 391 Å². The molecule has 2 nitrogen and oxygen atoms in total. The van der Waals surface area contributed by atoms with E-state index >= 15 is 0 Å². The third kappa shape index (κ3) is 7.51. The molecule has 1 atom stereocenters. The monoisotopic (exact) mass is 852 g/mol. The minimum Gasteiger partial charge on any atom is -0.334 e. The average molecular weight is 853 g/mol. The molecule has 0 spiro atoms. The van der Waals surface area contributed by atoms with Crippen molar-refractivity contribution in [2.45, 2.75) is 63.8 Å². The molecule has 0 radical (unpaired) electrons. The summed E-state index contributed by atoms with van der Waals surface area (Å²) in [6.45, 7) is 9.51. The van der Waals surface area contributed by atoms with Gasteiger partial charge in [-0.05, 0) is 141 Å². The number of anilines is 4. The van der Waals surface area contributed by atoms with Gasteiger partial charge in [0, 0.05) is 39.3 Å². The maximum absolute atomic E-state index is 2.49. The molecule has 0 aliphatic heterocycles. The van der Waals surface area contributed by atoms with Crippen molar-refractivity contribution in [3.05, 3.63) is 250 Å². The van der Waals surface area contributed by atoms with Gasteiger partial charge in [0.15, 0.2) is 0 Å². The Morgan fingerprint density at radius 2 is 0.924 bits per heavy atom. The molecule has 322 valence electrons. The van der Waals surface area contributed by atoms with E-state index in [1.807, 2.05) is 0 Å². The van der Waals surface area contributed by atoms with Gasteiger partial charge in [-0.3, -0.25) is 0 Å². The summed E-state index contributed by atoms with van der Waals surface area (Å²) in [5, 5.41) is 0. The molecule has 0 heterocycles. The second kappa shape index (κ2) is 16.9. The second-order valence-electron chi connectivity index (χ2n) is 19.3. The molecule has 0 bridgehead atoms. The summed E-state index contributed by atoms with van der Waals surface area (Å²) in [6.07, 6.45) is 27.7. The molecule has 0 aromatic heterocycles. The van der Waals surface area contributed by atoms with Crippen molar-refractivity contribution >= 4 is 47.1 Å². The summed E-state index contributed by atoms with van der Waals surface area (Å²) in [4.78, 5) is 4.93. The van der Waals surface area contributed by atoms with Crippen LogP contribution in [-0.2, 0) is 10.8 Å². The van der Waals surface area contributed by atoms with Crippen molar-refractivity contribution in [2.24, 2.45) is 0 Å². The summed E-state index contributed by atoms with van der Waals surface area (Å²) in [6, 6.07) is 58.9. The van der Waals surface area contributed by atoms with E-state index in [2.05, 4.69) is 262 Å². The number of nitrogens with zero attached hydrogens (tertiary/aromatic N) is 2. The third-order valence-corrected chi connectivity index (χ3v) is 14.4. The summed E-state index contributed by atoms with van der Waals surface area (Å²) in [7, 11) is 0. The van der Waals surface area contributed by atoms with Crippen LogP contribution in [0.3, 0.4) is 0 Å². The van der Waals surface area contributed by atoms with Gasteiger partial charge in [0.25, 0.3) is 0 Å². The lowest BCUT2D eigenvalue weighted by atomic mass is 9.81. The van der Waals surface area contributed by atoms with Gasteiger partial charge in [0.1, 0.15) is 0 Å². The standard InChI is InChI=1S/C64H56N2/c1-63(2)59-41-47(33-37-55(59)57-39-35-53(43-61(57)63)65(49-17-9-5-10-18-49)50-19-11-6-12-20-50)31-29-45-25-27-46(28-26-45)30-32-48-34-38-56-58-40-36-54(44-62(58)64(3,4)60(56)42-48)66(51-21-13-7-14-22-51)52-23-15-8-16-24-52/h5-15,17-19,21-23,25-44,50H,16,20,24H2,1-4H3/b31-29+,32-30+. The first kappa shape index (κ1) is 41.3. The highest BCUT2D eigenvalue weighted by Crippen LogP contribution is 2.52. The van der Waals surface area contributed by atoms with Gasteiger partial charge in [-0.2, -0.15) is 0 Å². The average Bonchev–Trinajstić information content (AvgIpc) is 3.72. The molecule has 0 saturated carbocycles. The Morgan fingerprint density at radius 3 is 1.45 bits per heavy atom. The maximum Gasteiger partial charge on any atom is 0.0559 e. The molecule has 7 aromatic rings. The van der Waals surface area contributed by atoms with Crippen molar-refractivity contribution in [3.8, 4) is 22.3 Å². The lowest BCUT2D eigenvalue weighted by molar-refractivity contribution is 0.659. The molecule has 0 saturated heterocycles. The van der Waals surface area contributed by atoms with E-state index in [9.17, 15) is 0 Å². The predicted molar refractivity (Wildman–Crippen MR) is 283 cm³/mol. The van der Waals surface area contributed by atoms with Gasteiger partial charge >= 0.3 is 0 Å². The first-order chi connectivity index (χ1) is 32.2. The Kier molecular flexibility index (Phi) is 10.5. The third-order valence-electron chi connectivity index (χ3n) is 14.4. The predicted octanol–water partition coefficient (Wildman–Crippen LogP) is 17.0. The normalized spacial score (nSPS) is 17.1. The summed E-state index contributed by atoms with van der Waals surface area (Å²) in [5.41, 5.74) is 21.6. The Hall–Kier alpha value is -7.42. The zero-order valence-electron chi connectivity index (χ0n) is 38.5. The van der Waals surface area contributed by atoms with Crippen LogP contribution in [0.5, 0.6) is 0 Å². The van der Waals surface area contributed by atoms with Crippen LogP contribution in [0.15, 0.2) is 206 Å². The van der Waals surface area contributed by atoms with E-state index in [0.29, 0.717) is 0 Å². The molecule has 4 aliphatic carbocycles. The molecule has 11 rings (SSSR count). The van der Waals surface area contributed by atoms with Gasteiger partial charge in [0.2, 0.25) is 0 Å². The van der Waals surface area contributed by atoms with Gasteiger partial charge < -0.3 is 9.80 Å². The molecule has 7 aromatic carbocycles. The van der Waals surface area contributed by atoms with E-state index < -0.39 is 0 Å². The van der Waals surface area contributed by atoms with Gasteiger partial charge in [0.05, 0.1) is 6.04 Å². The molecule has 1 unspecified atom stereocenters. The van der Waals surface area contributed by atoms with Crippen molar-refractivity contribution < 1.29 is 0 Å². The highest BCUT2D eigenvalue weighted by atomic mass is 15.2. The second-order valence-corrected chi connectivity index (χ2v) is 19.3. The summed E-state index contributed by atoms with van der Waals surface area (Å²) in [5.74, 6) is 0. The van der Waals surface area contributed by atoms with Crippen molar-refractivity contribution in [2.75, 3.05) is 9.80 Å². The van der Waals surface area contributed by atoms with Gasteiger partial charge in [-0.15, -0.1) is 0 Å². The number of rotatable bonds is 10. The molecule has 2 heteroatoms. The number of benzene rings is 7. The quantitative estimate of drug-likeness (QED) is 0.127. The number of para-hydroxylation sites is 2. The van der Waals surface area contributed by atoms with Crippen molar-refractivity contribution in [3.63, 3.8) is 0 Å². The largest absolute Gasteiger partial charge is 0.334 e. The van der Waals surface area contributed by atoms with E-state index in [-0.39, 0.29) is 16.9 Å². The van der Waals surface area contributed by atoms with Gasteiger partial charge in [-0.1, -0.05) is 198 Å². The lowest BCUT2D eigenvalue weighted by Crippen LogP contribution is -2.30. The number of hydrogen-bond donors (Lipinski definition) is 0. The zero-order valence-corrected chi connectivity index (χ0v) is 38.5. The topological polar surface area (TPSA) is 6.48 Å². The molecule has 66 heavy (non-hydrogen) atoms. The maximum atomic E-state index is 2.49. The van der Waals surface area contributed by atoms with Crippen LogP contribution in [0.4, 0.5) is 22.7 Å². The Balaban J connectivity index is 0.790. The van der Waals surface area contributed by atoms with Crippen LogP contribution in [0, 0.1) is 0 Å². The minimum absolute atomic E-state index is 0.125. The van der Waals surface area contributed by atoms with E-state index in [4.69, 9.17) is 0 Å². The molecular weight excluding hydrogens is 797 g/mol. The van der Waals surface area contributed by atoms with Crippen molar-refractivity contribution in [1.82, 2.24) is 0 Å². The summed E-state index contributed by atoms with van der Waals surface area (Å²) < 4.78 is 0. The first-order valence-corrected chi connectivity index (χ1v) is 23.7. The van der Waals surface area contributed by atoms with Crippen LogP contribution < -0.4 is 9.80 Å². The van der Waals surface area contributed by atoms with Crippen LogP contribution in [0.25, 0.3) is 46.6 Å². The zero-order chi connectivity index (χ0) is 44.8. The first-order valence-electron chi connectivity index (χ1n) is 23.7.